The molecular weight excluding hydrogens is 727 g/mol. The van der Waals surface area contributed by atoms with Crippen molar-refractivity contribution < 1.29 is 24.2 Å². The molecule has 8 rings (SSSR count). The van der Waals surface area contributed by atoms with Crippen molar-refractivity contribution in [3.05, 3.63) is 185 Å². The number of benzene rings is 6. The summed E-state index contributed by atoms with van der Waals surface area (Å²) in [5.74, 6) is -0.0384. The number of aliphatic hydroxyl groups excluding tert-OH is 1. The Kier molecular flexibility index (Phi) is 10.4. The van der Waals surface area contributed by atoms with E-state index < -0.39 is 17.7 Å². The highest BCUT2D eigenvalue weighted by Crippen LogP contribution is 2.44. The number of anilines is 1. The number of carbonyl (C=O) groups excluding carboxylic acids is 2. The van der Waals surface area contributed by atoms with E-state index in [1.165, 1.54) is 28.0 Å². The lowest BCUT2D eigenvalue weighted by molar-refractivity contribution is -0.132. The summed E-state index contributed by atoms with van der Waals surface area (Å²) in [5.41, 5.74) is 5.29. The van der Waals surface area contributed by atoms with Crippen molar-refractivity contribution in [2.75, 3.05) is 4.90 Å². The van der Waals surface area contributed by atoms with Crippen LogP contribution in [-0.2, 0) is 28.6 Å². The van der Waals surface area contributed by atoms with Gasteiger partial charge in [-0.1, -0.05) is 138 Å². The van der Waals surface area contributed by atoms with Crippen LogP contribution in [0.4, 0.5) is 5.13 Å². The van der Waals surface area contributed by atoms with Crippen molar-refractivity contribution in [1.82, 2.24) is 10.2 Å². The van der Waals surface area contributed by atoms with E-state index in [2.05, 4.69) is 40.5 Å². The molecule has 1 fully saturated rings. The van der Waals surface area contributed by atoms with Crippen LogP contribution < -0.4 is 14.4 Å². The van der Waals surface area contributed by atoms with E-state index >= 15 is 0 Å². The van der Waals surface area contributed by atoms with Crippen LogP contribution in [0.1, 0.15) is 39.4 Å². The van der Waals surface area contributed by atoms with Crippen molar-refractivity contribution in [1.29, 1.82) is 0 Å². The van der Waals surface area contributed by atoms with Crippen LogP contribution in [0, 0.1) is 6.92 Å². The van der Waals surface area contributed by atoms with Gasteiger partial charge in [-0.25, -0.2) is 0 Å². The highest BCUT2D eigenvalue weighted by molar-refractivity contribution is 8.00. The number of Topliss-reactive ketones (excluding diaryl/α,β-unsaturated/α-hetero) is 1. The fourth-order valence-electron chi connectivity index (χ4n) is 6.58. The van der Waals surface area contributed by atoms with Gasteiger partial charge in [0, 0.05) is 11.3 Å². The molecule has 10 heteroatoms. The third-order valence-corrected chi connectivity index (χ3v) is 11.4. The number of ether oxygens (including phenoxy) is 2. The number of hydrogen-bond donors (Lipinski definition) is 1. The molecule has 55 heavy (non-hydrogen) atoms. The SMILES string of the molecule is Cc1cccc(COc2ccc(C(O)=C3C(=O)C(=O)N(c4nnc(SCc5cccc6ccccc56)s4)C3c3ccc(OCc4ccccc4)cc3)cc2)c1. The summed E-state index contributed by atoms with van der Waals surface area (Å²) in [6.45, 7) is 2.79. The lowest BCUT2D eigenvalue weighted by Gasteiger charge is -2.22. The van der Waals surface area contributed by atoms with Gasteiger partial charge in [0.05, 0.1) is 11.6 Å². The topological polar surface area (TPSA) is 102 Å². The number of aryl methyl sites for hydroxylation is 1. The lowest BCUT2D eigenvalue weighted by Crippen LogP contribution is -2.29. The molecule has 1 aliphatic heterocycles. The Labute approximate surface area is 326 Å². The number of aliphatic hydroxyl groups is 1. The summed E-state index contributed by atoms with van der Waals surface area (Å²) in [6, 6.07) is 45.4. The van der Waals surface area contributed by atoms with E-state index in [0.29, 0.717) is 45.9 Å². The second-order valence-electron chi connectivity index (χ2n) is 13.1. The molecule has 7 aromatic rings. The van der Waals surface area contributed by atoms with Crippen LogP contribution in [0.15, 0.2) is 156 Å². The zero-order chi connectivity index (χ0) is 37.7. The van der Waals surface area contributed by atoms with Crippen molar-refractivity contribution in [3.8, 4) is 11.5 Å². The van der Waals surface area contributed by atoms with Crippen LogP contribution >= 0.6 is 23.1 Å². The summed E-state index contributed by atoms with van der Waals surface area (Å²) < 4.78 is 12.7. The minimum atomic E-state index is -0.968. The summed E-state index contributed by atoms with van der Waals surface area (Å²) in [4.78, 5) is 29.2. The first-order valence-electron chi connectivity index (χ1n) is 17.7. The number of thioether (sulfide) groups is 1. The van der Waals surface area contributed by atoms with Gasteiger partial charge in [0.15, 0.2) is 4.34 Å². The van der Waals surface area contributed by atoms with Crippen molar-refractivity contribution in [2.24, 2.45) is 0 Å². The molecule has 1 saturated heterocycles. The molecule has 1 atom stereocenters. The molecule has 1 aliphatic rings. The maximum atomic E-state index is 13.9. The third-order valence-electron chi connectivity index (χ3n) is 9.34. The number of nitrogens with zero attached hydrogens (tertiary/aromatic N) is 3. The highest BCUT2D eigenvalue weighted by Gasteiger charge is 2.48. The third kappa shape index (κ3) is 7.87. The Balaban J connectivity index is 1.09. The zero-order valence-electron chi connectivity index (χ0n) is 29.8. The number of ketones is 1. The van der Waals surface area contributed by atoms with Gasteiger partial charge in [-0.15, -0.1) is 10.2 Å². The molecule has 0 bridgehead atoms. The standard InChI is InChI=1S/C45H35N3O5S2/c1-29-9-7-12-31(25-29)27-53-37-23-19-34(20-24-37)41(49)39-40(33-17-21-36(22-18-33)52-26-30-10-3-2-4-11-30)48(43(51)42(39)50)44-46-47-45(55-44)54-28-35-15-8-14-32-13-5-6-16-38(32)35/h2-25,40,49H,26-28H2,1H3. The lowest BCUT2D eigenvalue weighted by atomic mass is 9.95. The monoisotopic (exact) mass is 761 g/mol. The van der Waals surface area contributed by atoms with Gasteiger partial charge in [0.2, 0.25) is 5.13 Å². The largest absolute Gasteiger partial charge is 0.507 e. The molecule has 272 valence electrons. The van der Waals surface area contributed by atoms with E-state index in [0.717, 1.165) is 33.0 Å². The highest BCUT2D eigenvalue weighted by atomic mass is 32.2. The Bertz CT molecular complexity index is 2510. The minimum absolute atomic E-state index is 0.0449. The molecule has 0 aliphatic carbocycles. The van der Waals surface area contributed by atoms with Crippen LogP contribution in [-0.4, -0.2) is 27.0 Å². The van der Waals surface area contributed by atoms with Gasteiger partial charge < -0.3 is 14.6 Å². The summed E-state index contributed by atoms with van der Waals surface area (Å²) in [7, 11) is 0. The Hall–Kier alpha value is -6.23. The number of rotatable bonds is 12. The maximum absolute atomic E-state index is 13.9. The van der Waals surface area contributed by atoms with Gasteiger partial charge >= 0.3 is 5.91 Å². The molecule has 8 nitrogen and oxygen atoms in total. The van der Waals surface area contributed by atoms with Gasteiger partial charge in [-0.05, 0) is 76.3 Å². The number of hydrogen-bond acceptors (Lipinski definition) is 9. The average molecular weight is 762 g/mol. The normalized spacial score (nSPS) is 15.1. The van der Waals surface area contributed by atoms with E-state index in [-0.39, 0.29) is 16.5 Å². The van der Waals surface area contributed by atoms with Crippen molar-refractivity contribution >= 4 is 56.5 Å². The first kappa shape index (κ1) is 35.8. The van der Waals surface area contributed by atoms with Crippen LogP contribution in [0.5, 0.6) is 11.5 Å². The molecule has 0 radical (unpaired) electrons. The zero-order valence-corrected chi connectivity index (χ0v) is 31.4. The first-order valence-corrected chi connectivity index (χ1v) is 19.5. The molecule has 0 saturated carbocycles. The van der Waals surface area contributed by atoms with E-state index in [9.17, 15) is 14.7 Å². The van der Waals surface area contributed by atoms with E-state index in [1.807, 2.05) is 73.7 Å². The Morgan fingerprint density at radius 1 is 0.745 bits per heavy atom. The quantitative estimate of drug-likeness (QED) is 0.0432. The molecule has 6 aromatic carbocycles. The summed E-state index contributed by atoms with van der Waals surface area (Å²) in [5, 5.41) is 23.2. The van der Waals surface area contributed by atoms with Gasteiger partial charge in [-0.2, -0.15) is 0 Å². The number of carbonyl (C=O) groups is 2. The smallest absolute Gasteiger partial charge is 0.301 e. The predicted molar refractivity (Wildman–Crippen MR) is 217 cm³/mol. The average Bonchev–Trinajstić information content (AvgIpc) is 3.80. The molecule has 1 unspecified atom stereocenters. The Morgan fingerprint density at radius 2 is 1.40 bits per heavy atom. The number of aromatic nitrogens is 2. The fraction of sp³-hybridized carbons (Fsp3) is 0.111. The molecule has 1 N–H and O–H groups in total. The molecule has 1 amide bonds. The van der Waals surface area contributed by atoms with Gasteiger partial charge in [0.1, 0.15) is 30.5 Å². The van der Waals surface area contributed by atoms with Crippen molar-refractivity contribution in [2.45, 2.75) is 36.3 Å². The van der Waals surface area contributed by atoms with Gasteiger partial charge in [0.25, 0.3) is 5.78 Å². The predicted octanol–water partition coefficient (Wildman–Crippen LogP) is 10.1. The second kappa shape index (κ2) is 16.0. The minimum Gasteiger partial charge on any atom is -0.507 e. The Morgan fingerprint density at radius 3 is 2.16 bits per heavy atom. The summed E-state index contributed by atoms with van der Waals surface area (Å²) in [6.07, 6.45) is 0. The van der Waals surface area contributed by atoms with Crippen LogP contribution in [0.25, 0.3) is 16.5 Å². The number of fused-ring (bicyclic) bond motifs is 1. The second-order valence-corrected chi connectivity index (χ2v) is 15.3. The fourth-order valence-corrected chi connectivity index (χ4v) is 8.45. The van der Waals surface area contributed by atoms with Crippen molar-refractivity contribution in [3.63, 3.8) is 0 Å². The summed E-state index contributed by atoms with van der Waals surface area (Å²) >= 11 is 2.75. The molecule has 2 heterocycles. The molecule has 1 aromatic heterocycles. The van der Waals surface area contributed by atoms with E-state index in [4.69, 9.17) is 9.47 Å². The number of amides is 1. The maximum Gasteiger partial charge on any atom is 0.301 e. The van der Waals surface area contributed by atoms with Gasteiger partial charge in [-0.3, -0.25) is 14.5 Å². The molecular formula is C45H35N3O5S2. The van der Waals surface area contributed by atoms with Crippen LogP contribution in [0.3, 0.4) is 0 Å². The van der Waals surface area contributed by atoms with Crippen LogP contribution in [0.2, 0.25) is 0 Å². The van der Waals surface area contributed by atoms with E-state index in [1.54, 1.807) is 48.5 Å². The first-order chi connectivity index (χ1) is 26.9. The molecule has 0 spiro atoms.